The fourth-order valence-electron chi connectivity index (χ4n) is 1.74. The summed E-state index contributed by atoms with van der Waals surface area (Å²) in [6.45, 7) is 1.91. The molecule has 0 bridgehead atoms. The smallest absolute Gasteiger partial charge is 0.408 e. The number of oxazole rings is 1. The van der Waals surface area contributed by atoms with Crippen molar-refractivity contribution in [1.82, 2.24) is 4.98 Å². The number of benzene rings is 1. The molecule has 0 radical (unpaired) electrons. The van der Waals surface area contributed by atoms with Gasteiger partial charge in [0, 0.05) is 12.1 Å². The number of H-pyrrole nitrogens is 1. The maximum Gasteiger partial charge on any atom is 0.417 e. The molecule has 1 aromatic heterocycles. The zero-order valence-corrected chi connectivity index (χ0v) is 9.07. The first-order valence-electron chi connectivity index (χ1n) is 5.20. The number of hydrogen-bond donors (Lipinski definition) is 3. The number of fused-ring (bicyclic) bond motifs is 1. The van der Waals surface area contributed by atoms with Crippen molar-refractivity contribution in [3.8, 4) is 0 Å². The van der Waals surface area contributed by atoms with E-state index in [0.29, 0.717) is 17.5 Å². The Kier molecular flexibility index (Phi) is 2.80. The molecule has 2 unspecified atom stereocenters. The van der Waals surface area contributed by atoms with Gasteiger partial charge in [-0.25, -0.2) is 4.79 Å². The largest absolute Gasteiger partial charge is 0.417 e. The molecule has 0 aliphatic carbocycles. The standard InChI is InChI=1S/C11H15N3O2/c1-6(12)4-8(13)7-2-3-10-9(5-7)14-11(15)16-10/h2-3,5-6,8H,4,12-13H2,1H3,(H,14,15). The zero-order chi connectivity index (χ0) is 11.7. The molecule has 0 amide bonds. The maximum absolute atomic E-state index is 11.0. The van der Waals surface area contributed by atoms with Gasteiger partial charge in [-0.2, -0.15) is 0 Å². The van der Waals surface area contributed by atoms with Gasteiger partial charge < -0.3 is 15.9 Å². The van der Waals surface area contributed by atoms with Crippen LogP contribution in [0.15, 0.2) is 27.4 Å². The van der Waals surface area contributed by atoms with Gasteiger partial charge in [-0.15, -0.1) is 0 Å². The van der Waals surface area contributed by atoms with Crippen LogP contribution in [0.3, 0.4) is 0 Å². The number of rotatable bonds is 3. The van der Waals surface area contributed by atoms with E-state index in [1.807, 2.05) is 19.1 Å². The summed E-state index contributed by atoms with van der Waals surface area (Å²) in [5, 5.41) is 0. The molecule has 1 heterocycles. The number of nitrogens with one attached hydrogen (secondary N) is 1. The van der Waals surface area contributed by atoms with Crippen LogP contribution in [-0.2, 0) is 0 Å². The lowest BCUT2D eigenvalue weighted by atomic mass is 10.0. The maximum atomic E-state index is 11.0. The van der Waals surface area contributed by atoms with E-state index in [0.717, 1.165) is 5.56 Å². The van der Waals surface area contributed by atoms with Crippen LogP contribution in [0.2, 0.25) is 0 Å². The normalized spacial score (nSPS) is 15.2. The highest BCUT2D eigenvalue weighted by atomic mass is 16.4. The molecule has 86 valence electrons. The molecular weight excluding hydrogens is 206 g/mol. The summed E-state index contributed by atoms with van der Waals surface area (Å²) in [6, 6.07) is 5.35. The van der Waals surface area contributed by atoms with Crippen LogP contribution in [0.5, 0.6) is 0 Å². The van der Waals surface area contributed by atoms with Gasteiger partial charge in [-0.3, -0.25) is 4.98 Å². The summed E-state index contributed by atoms with van der Waals surface area (Å²) < 4.78 is 4.91. The summed E-state index contributed by atoms with van der Waals surface area (Å²) in [7, 11) is 0. The van der Waals surface area contributed by atoms with Crippen LogP contribution in [-0.4, -0.2) is 11.0 Å². The minimum absolute atomic E-state index is 0.0501. The third kappa shape index (κ3) is 2.15. The van der Waals surface area contributed by atoms with E-state index in [1.165, 1.54) is 0 Å². The summed E-state index contributed by atoms with van der Waals surface area (Å²) >= 11 is 0. The molecule has 2 aromatic rings. The van der Waals surface area contributed by atoms with E-state index in [2.05, 4.69) is 4.98 Å². The molecule has 2 rings (SSSR count). The second kappa shape index (κ2) is 4.11. The van der Waals surface area contributed by atoms with Crippen LogP contribution in [0.25, 0.3) is 11.1 Å². The molecule has 2 atom stereocenters. The highest BCUT2D eigenvalue weighted by Gasteiger charge is 2.10. The van der Waals surface area contributed by atoms with E-state index >= 15 is 0 Å². The predicted octanol–water partition coefficient (Wildman–Crippen LogP) is 0.858. The topological polar surface area (TPSA) is 98.0 Å². The molecule has 0 saturated heterocycles. The third-order valence-corrected chi connectivity index (χ3v) is 2.50. The molecule has 16 heavy (non-hydrogen) atoms. The summed E-state index contributed by atoms with van der Waals surface area (Å²) in [5.41, 5.74) is 13.8. The highest BCUT2D eigenvalue weighted by molar-refractivity contribution is 5.72. The minimum Gasteiger partial charge on any atom is -0.408 e. The first-order chi connectivity index (χ1) is 7.56. The van der Waals surface area contributed by atoms with Gasteiger partial charge in [0.1, 0.15) is 0 Å². The number of aromatic nitrogens is 1. The average molecular weight is 221 g/mol. The van der Waals surface area contributed by atoms with Crippen molar-refractivity contribution in [3.63, 3.8) is 0 Å². The molecule has 5 heteroatoms. The van der Waals surface area contributed by atoms with Crippen LogP contribution in [0.1, 0.15) is 24.9 Å². The molecular formula is C11H15N3O2. The monoisotopic (exact) mass is 221 g/mol. The molecule has 0 saturated carbocycles. The molecule has 0 aliphatic heterocycles. The van der Waals surface area contributed by atoms with Crippen LogP contribution < -0.4 is 17.2 Å². The molecule has 0 aliphatic rings. The van der Waals surface area contributed by atoms with Gasteiger partial charge in [0.25, 0.3) is 0 Å². The SMILES string of the molecule is CC(N)CC(N)c1ccc2oc(=O)[nH]c2c1. The van der Waals surface area contributed by atoms with Crippen LogP contribution in [0, 0.1) is 0 Å². The minimum atomic E-state index is -0.451. The molecule has 5 N–H and O–H groups in total. The van der Waals surface area contributed by atoms with Gasteiger partial charge in [-0.05, 0) is 31.0 Å². The van der Waals surface area contributed by atoms with Crippen LogP contribution >= 0.6 is 0 Å². The van der Waals surface area contributed by atoms with Crippen molar-refractivity contribution in [2.45, 2.75) is 25.4 Å². The fourth-order valence-corrected chi connectivity index (χ4v) is 1.74. The first-order valence-corrected chi connectivity index (χ1v) is 5.20. The highest BCUT2D eigenvalue weighted by Crippen LogP contribution is 2.19. The van der Waals surface area contributed by atoms with Gasteiger partial charge in [-0.1, -0.05) is 6.07 Å². The Morgan fingerprint density at radius 3 is 2.88 bits per heavy atom. The zero-order valence-electron chi connectivity index (χ0n) is 9.07. The lowest BCUT2D eigenvalue weighted by Gasteiger charge is -2.14. The lowest BCUT2D eigenvalue weighted by Crippen LogP contribution is -2.23. The summed E-state index contributed by atoms with van der Waals surface area (Å²) in [4.78, 5) is 13.6. The van der Waals surface area contributed by atoms with Crippen LogP contribution in [0.4, 0.5) is 0 Å². The van der Waals surface area contributed by atoms with Crippen molar-refractivity contribution < 1.29 is 4.42 Å². The van der Waals surface area contributed by atoms with E-state index in [-0.39, 0.29) is 12.1 Å². The lowest BCUT2D eigenvalue weighted by molar-refractivity contribution is 0.554. The Balaban J connectivity index is 2.34. The second-order valence-corrected chi connectivity index (χ2v) is 4.09. The second-order valence-electron chi connectivity index (χ2n) is 4.09. The van der Waals surface area contributed by atoms with E-state index in [9.17, 15) is 4.79 Å². The summed E-state index contributed by atoms with van der Waals surface area (Å²) in [5.74, 6) is -0.451. The first kappa shape index (κ1) is 10.9. The summed E-state index contributed by atoms with van der Waals surface area (Å²) in [6.07, 6.45) is 0.702. The number of hydrogen-bond acceptors (Lipinski definition) is 4. The third-order valence-electron chi connectivity index (χ3n) is 2.50. The van der Waals surface area contributed by atoms with Gasteiger partial charge in [0.05, 0.1) is 5.52 Å². The number of nitrogens with two attached hydrogens (primary N) is 2. The Morgan fingerprint density at radius 2 is 2.19 bits per heavy atom. The van der Waals surface area contributed by atoms with Gasteiger partial charge in [0.15, 0.2) is 5.58 Å². The Bertz CT molecular complexity index is 541. The molecule has 0 spiro atoms. The van der Waals surface area contributed by atoms with E-state index in [4.69, 9.17) is 15.9 Å². The van der Waals surface area contributed by atoms with E-state index in [1.54, 1.807) is 6.07 Å². The van der Waals surface area contributed by atoms with Gasteiger partial charge in [0.2, 0.25) is 0 Å². The molecule has 5 nitrogen and oxygen atoms in total. The van der Waals surface area contributed by atoms with Crippen molar-refractivity contribution >= 4 is 11.1 Å². The van der Waals surface area contributed by atoms with Crippen molar-refractivity contribution in [3.05, 3.63) is 34.3 Å². The molecule has 1 aromatic carbocycles. The predicted molar refractivity (Wildman–Crippen MR) is 62.0 cm³/mol. The van der Waals surface area contributed by atoms with Crippen molar-refractivity contribution in [2.75, 3.05) is 0 Å². The van der Waals surface area contributed by atoms with Gasteiger partial charge >= 0.3 is 5.76 Å². The average Bonchev–Trinajstić information content (AvgIpc) is 2.55. The Morgan fingerprint density at radius 1 is 1.44 bits per heavy atom. The molecule has 0 fully saturated rings. The quantitative estimate of drug-likeness (QED) is 0.715. The van der Waals surface area contributed by atoms with Crippen molar-refractivity contribution in [1.29, 1.82) is 0 Å². The van der Waals surface area contributed by atoms with E-state index < -0.39 is 5.76 Å². The Hall–Kier alpha value is -1.59. The number of aromatic amines is 1. The fraction of sp³-hybridized carbons (Fsp3) is 0.364. The Labute approximate surface area is 92.4 Å². The van der Waals surface area contributed by atoms with Crippen molar-refractivity contribution in [2.24, 2.45) is 11.5 Å².